The Morgan fingerprint density at radius 3 is 2.81 bits per heavy atom. The Labute approximate surface area is 156 Å². The summed E-state index contributed by atoms with van der Waals surface area (Å²) < 4.78 is 4.84. The number of fused-ring (bicyclic) bond motifs is 5. The van der Waals surface area contributed by atoms with Gasteiger partial charge in [0.25, 0.3) is 0 Å². The van der Waals surface area contributed by atoms with Gasteiger partial charge in [-0.05, 0) is 67.0 Å². The van der Waals surface area contributed by atoms with Crippen LogP contribution in [0.3, 0.4) is 0 Å². The van der Waals surface area contributed by atoms with E-state index in [4.69, 9.17) is 4.74 Å². The highest BCUT2D eigenvalue weighted by Crippen LogP contribution is 2.48. The Kier molecular flexibility index (Phi) is 4.82. The van der Waals surface area contributed by atoms with Gasteiger partial charge in [0.2, 0.25) is 0 Å². The summed E-state index contributed by atoms with van der Waals surface area (Å²) in [6, 6.07) is 16.2. The van der Waals surface area contributed by atoms with Crippen LogP contribution < -0.4 is 0 Å². The van der Waals surface area contributed by atoms with Gasteiger partial charge in [-0.1, -0.05) is 42.0 Å². The summed E-state index contributed by atoms with van der Waals surface area (Å²) in [6.45, 7) is 4.01. The summed E-state index contributed by atoms with van der Waals surface area (Å²) >= 11 is 0. The van der Waals surface area contributed by atoms with Gasteiger partial charge in [0, 0.05) is 12.6 Å². The summed E-state index contributed by atoms with van der Waals surface area (Å²) in [5, 5.41) is 0. The molecule has 3 heteroatoms. The second-order valence-corrected chi connectivity index (χ2v) is 7.67. The van der Waals surface area contributed by atoms with Gasteiger partial charge >= 0.3 is 5.97 Å². The lowest BCUT2D eigenvalue weighted by atomic mass is 9.93. The van der Waals surface area contributed by atoms with Crippen molar-refractivity contribution >= 4 is 5.97 Å². The zero-order valence-electron chi connectivity index (χ0n) is 15.7. The van der Waals surface area contributed by atoms with Crippen LogP contribution in [-0.4, -0.2) is 31.1 Å². The van der Waals surface area contributed by atoms with E-state index in [2.05, 4.69) is 54.3 Å². The van der Waals surface area contributed by atoms with Crippen LogP contribution in [0.15, 0.2) is 42.5 Å². The van der Waals surface area contributed by atoms with Gasteiger partial charge < -0.3 is 4.74 Å². The minimum absolute atomic E-state index is 0.113. The lowest BCUT2D eigenvalue weighted by Crippen LogP contribution is -2.30. The van der Waals surface area contributed by atoms with E-state index in [-0.39, 0.29) is 5.97 Å². The molecule has 2 aliphatic rings. The van der Waals surface area contributed by atoms with Crippen molar-refractivity contribution < 1.29 is 9.53 Å². The van der Waals surface area contributed by atoms with E-state index in [0.717, 1.165) is 13.1 Å². The molecule has 2 aromatic rings. The zero-order chi connectivity index (χ0) is 18.1. The minimum atomic E-state index is -0.113. The lowest BCUT2D eigenvalue weighted by Gasteiger charge is -2.29. The van der Waals surface area contributed by atoms with Gasteiger partial charge in [-0.2, -0.15) is 0 Å². The molecule has 2 bridgehead atoms. The van der Waals surface area contributed by atoms with E-state index < -0.39 is 0 Å². The molecule has 1 aliphatic carbocycles. The number of likely N-dealkylation sites (tertiary alicyclic amines) is 1. The molecule has 0 aromatic heterocycles. The summed E-state index contributed by atoms with van der Waals surface area (Å²) in [4.78, 5) is 14.1. The molecule has 0 spiro atoms. The second-order valence-electron chi connectivity index (χ2n) is 7.67. The summed E-state index contributed by atoms with van der Waals surface area (Å²) in [5.41, 5.74) is 6.87. The number of nitrogens with zero attached hydrogens (tertiary/aromatic N) is 1. The summed E-state index contributed by atoms with van der Waals surface area (Å²) in [6.07, 6.45) is 4.13. The molecule has 4 rings (SSSR count). The molecule has 3 nitrogen and oxygen atoms in total. The number of ether oxygens (including phenoxy) is 1. The first-order valence-corrected chi connectivity index (χ1v) is 9.67. The van der Waals surface area contributed by atoms with Gasteiger partial charge in [0.15, 0.2) is 0 Å². The number of methoxy groups -OCH3 is 1. The molecule has 1 fully saturated rings. The maximum Gasteiger partial charge on any atom is 0.306 e. The number of hydrogen-bond acceptors (Lipinski definition) is 3. The number of rotatable bonds is 4. The number of carbonyl (C=O) groups excluding carboxylic acids is 1. The Hall–Kier alpha value is -2.13. The van der Waals surface area contributed by atoms with E-state index in [0.29, 0.717) is 18.4 Å². The predicted molar refractivity (Wildman–Crippen MR) is 104 cm³/mol. The average Bonchev–Trinajstić information content (AvgIpc) is 2.87. The first-order chi connectivity index (χ1) is 12.7. The van der Waals surface area contributed by atoms with Gasteiger partial charge in [-0.15, -0.1) is 0 Å². The largest absolute Gasteiger partial charge is 0.469 e. The highest BCUT2D eigenvalue weighted by atomic mass is 16.5. The standard InChI is InChI=1S/C23H27NO2/c1-16-5-3-6-17(13-16)18-8-9-20-19-7-4-11-24(12-10-23(25)26-2)22(15-19)21(20)14-18/h3,5-6,8-9,13-14,19,22H,4,7,10-12,15H2,1-2H3/t19-,22?/m0/s1. The maximum atomic E-state index is 11.6. The smallest absolute Gasteiger partial charge is 0.306 e. The number of aryl methyl sites for hydroxylation is 1. The molecule has 0 radical (unpaired) electrons. The number of hydrogen-bond donors (Lipinski definition) is 0. The number of benzene rings is 2. The van der Waals surface area contributed by atoms with Gasteiger partial charge in [-0.3, -0.25) is 9.69 Å². The van der Waals surface area contributed by atoms with E-state index in [1.54, 1.807) is 0 Å². The zero-order valence-corrected chi connectivity index (χ0v) is 15.7. The van der Waals surface area contributed by atoms with Crippen molar-refractivity contribution in [3.63, 3.8) is 0 Å². The van der Waals surface area contributed by atoms with Crippen molar-refractivity contribution in [1.29, 1.82) is 0 Å². The van der Waals surface area contributed by atoms with Crippen LogP contribution in [0.5, 0.6) is 0 Å². The van der Waals surface area contributed by atoms with Crippen LogP contribution in [0.4, 0.5) is 0 Å². The fraction of sp³-hybridized carbons (Fsp3) is 0.435. The highest BCUT2D eigenvalue weighted by molar-refractivity contribution is 5.69. The van der Waals surface area contributed by atoms with Crippen molar-refractivity contribution in [2.24, 2.45) is 0 Å². The third-order valence-electron chi connectivity index (χ3n) is 6.01. The molecule has 136 valence electrons. The molecule has 1 aliphatic heterocycles. The van der Waals surface area contributed by atoms with Gasteiger partial charge in [0.1, 0.15) is 0 Å². The van der Waals surface area contributed by atoms with Crippen LogP contribution in [0.25, 0.3) is 11.1 Å². The average molecular weight is 349 g/mol. The lowest BCUT2D eigenvalue weighted by molar-refractivity contribution is -0.141. The SMILES string of the molecule is COC(=O)CCN1CCC[C@H]2CC1c1cc(-c3cccc(C)c3)ccc12. The Balaban J connectivity index is 1.65. The molecule has 2 atom stereocenters. The van der Waals surface area contributed by atoms with Crippen LogP contribution in [0.2, 0.25) is 0 Å². The molecule has 1 unspecified atom stereocenters. The predicted octanol–water partition coefficient (Wildman–Crippen LogP) is 4.85. The molecule has 0 N–H and O–H groups in total. The van der Waals surface area contributed by atoms with Crippen molar-refractivity contribution in [3.8, 4) is 11.1 Å². The van der Waals surface area contributed by atoms with E-state index in [1.165, 1.54) is 54.2 Å². The topological polar surface area (TPSA) is 29.5 Å². The van der Waals surface area contributed by atoms with Crippen LogP contribution in [-0.2, 0) is 9.53 Å². The van der Waals surface area contributed by atoms with Crippen molar-refractivity contribution in [1.82, 2.24) is 4.90 Å². The fourth-order valence-electron chi connectivity index (χ4n) is 4.68. The Bertz CT molecular complexity index is 814. The van der Waals surface area contributed by atoms with Gasteiger partial charge in [0.05, 0.1) is 13.5 Å². The first kappa shape index (κ1) is 17.3. The second kappa shape index (κ2) is 7.24. The van der Waals surface area contributed by atoms with Crippen LogP contribution >= 0.6 is 0 Å². The normalized spacial score (nSPS) is 21.9. The van der Waals surface area contributed by atoms with Crippen molar-refractivity contribution in [2.75, 3.05) is 20.2 Å². The van der Waals surface area contributed by atoms with Crippen LogP contribution in [0, 0.1) is 6.92 Å². The quantitative estimate of drug-likeness (QED) is 0.739. The molecule has 2 aromatic carbocycles. The molecular weight excluding hydrogens is 322 g/mol. The third-order valence-corrected chi connectivity index (χ3v) is 6.01. The number of esters is 1. The Morgan fingerprint density at radius 2 is 2.00 bits per heavy atom. The monoisotopic (exact) mass is 349 g/mol. The van der Waals surface area contributed by atoms with Gasteiger partial charge in [-0.25, -0.2) is 0 Å². The third kappa shape index (κ3) is 3.28. The van der Waals surface area contributed by atoms with Crippen LogP contribution in [0.1, 0.15) is 54.3 Å². The van der Waals surface area contributed by atoms with E-state index in [9.17, 15) is 4.79 Å². The number of carbonyl (C=O) groups is 1. The van der Waals surface area contributed by atoms with Crippen molar-refractivity contribution in [2.45, 2.75) is 44.6 Å². The first-order valence-electron chi connectivity index (χ1n) is 9.67. The molecule has 0 saturated carbocycles. The van der Waals surface area contributed by atoms with E-state index in [1.807, 2.05) is 0 Å². The molecule has 0 amide bonds. The molecule has 1 heterocycles. The molecule has 26 heavy (non-hydrogen) atoms. The highest BCUT2D eigenvalue weighted by Gasteiger charge is 2.36. The summed E-state index contributed by atoms with van der Waals surface area (Å²) in [7, 11) is 1.47. The maximum absolute atomic E-state index is 11.6. The van der Waals surface area contributed by atoms with E-state index >= 15 is 0 Å². The molecule has 1 saturated heterocycles. The molecular formula is C23H27NO2. The minimum Gasteiger partial charge on any atom is -0.469 e. The van der Waals surface area contributed by atoms with Crippen molar-refractivity contribution in [3.05, 3.63) is 59.2 Å². The Morgan fingerprint density at radius 1 is 1.15 bits per heavy atom. The fourth-order valence-corrected chi connectivity index (χ4v) is 4.68. The summed E-state index contributed by atoms with van der Waals surface area (Å²) in [5.74, 6) is 0.558.